The molecule has 0 fully saturated rings. The van der Waals surface area contributed by atoms with Gasteiger partial charge in [-0.1, -0.05) is 30.3 Å². The lowest BCUT2D eigenvalue weighted by molar-refractivity contribution is -0.142. The average Bonchev–Trinajstić information content (AvgIpc) is 2.28. The highest BCUT2D eigenvalue weighted by molar-refractivity contribution is 7.90. The number of ether oxygens (including phenoxy) is 1. The first-order valence-electron chi connectivity index (χ1n) is 5.43. The predicted octanol–water partition coefficient (Wildman–Crippen LogP) is 1.55. The molecule has 0 saturated carbocycles. The van der Waals surface area contributed by atoms with E-state index in [9.17, 15) is 13.2 Å². The Morgan fingerprint density at radius 1 is 1.24 bits per heavy atom. The van der Waals surface area contributed by atoms with E-state index in [-0.39, 0.29) is 24.5 Å². The fourth-order valence-corrected chi connectivity index (χ4v) is 2.69. The molecule has 0 atom stereocenters. The summed E-state index contributed by atoms with van der Waals surface area (Å²) in [4.78, 5) is 11.1. The van der Waals surface area contributed by atoms with E-state index >= 15 is 0 Å². The molecule has 0 aliphatic rings. The summed E-state index contributed by atoms with van der Waals surface area (Å²) in [5.41, 5.74) is 0.733. The van der Waals surface area contributed by atoms with Crippen molar-refractivity contribution in [1.29, 1.82) is 0 Å². The summed E-state index contributed by atoms with van der Waals surface area (Å²) in [7, 11) is -3.25. The lowest BCUT2D eigenvalue weighted by Crippen LogP contribution is -2.14. The molecule has 0 aliphatic heterocycles. The van der Waals surface area contributed by atoms with Crippen LogP contribution in [0.1, 0.15) is 18.9 Å². The zero-order valence-electron chi connectivity index (χ0n) is 9.76. The van der Waals surface area contributed by atoms with Crippen LogP contribution in [-0.4, -0.2) is 26.7 Å². The van der Waals surface area contributed by atoms with Gasteiger partial charge in [-0.2, -0.15) is 0 Å². The van der Waals surface area contributed by atoms with E-state index in [0.717, 1.165) is 5.56 Å². The molecule has 0 bridgehead atoms. The van der Waals surface area contributed by atoms with Crippen LogP contribution in [-0.2, 0) is 25.1 Å². The van der Waals surface area contributed by atoms with Crippen molar-refractivity contribution in [1.82, 2.24) is 0 Å². The quantitative estimate of drug-likeness (QED) is 0.725. The topological polar surface area (TPSA) is 60.4 Å². The average molecular weight is 256 g/mol. The summed E-state index contributed by atoms with van der Waals surface area (Å²) in [6.45, 7) is 1.97. The highest BCUT2D eigenvalue weighted by Gasteiger charge is 2.14. The smallest absolute Gasteiger partial charge is 0.306 e. The number of carbonyl (C=O) groups is 1. The maximum atomic E-state index is 11.7. The van der Waals surface area contributed by atoms with Crippen molar-refractivity contribution < 1.29 is 17.9 Å². The summed E-state index contributed by atoms with van der Waals surface area (Å²) in [6.07, 6.45) is -0.0804. The molecule has 0 heterocycles. The van der Waals surface area contributed by atoms with E-state index < -0.39 is 15.8 Å². The van der Waals surface area contributed by atoms with Gasteiger partial charge in [-0.3, -0.25) is 4.79 Å². The summed E-state index contributed by atoms with van der Waals surface area (Å²) < 4.78 is 28.1. The summed E-state index contributed by atoms with van der Waals surface area (Å²) in [6, 6.07) is 8.91. The molecule has 0 radical (unpaired) electrons. The third kappa shape index (κ3) is 5.49. The zero-order valence-corrected chi connectivity index (χ0v) is 10.6. The Labute approximate surface area is 102 Å². The second kappa shape index (κ2) is 6.39. The van der Waals surface area contributed by atoms with Crippen LogP contribution in [0.15, 0.2) is 30.3 Å². The maximum absolute atomic E-state index is 11.7. The van der Waals surface area contributed by atoms with Gasteiger partial charge >= 0.3 is 5.97 Å². The van der Waals surface area contributed by atoms with Gasteiger partial charge in [0.05, 0.1) is 24.5 Å². The van der Waals surface area contributed by atoms with Gasteiger partial charge < -0.3 is 4.74 Å². The molecule has 0 saturated heterocycles. The Morgan fingerprint density at radius 2 is 1.88 bits per heavy atom. The van der Waals surface area contributed by atoms with Gasteiger partial charge in [0.15, 0.2) is 9.84 Å². The lowest BCUT2D eigenvalue weighted by Gasteiger charge is -2.04. The highest BCUT2D eigenvalue weighted by Crippen LogP contribution is 2.07. The minimum absolute atomic E-state index is 0.0345. The number of esters is 1. The second-order valence-corrected chi connectivity index (χ2v) is 5.82. The molecule has 5 heteroatoms. The fourth-order valence-electron chi connectivity index (χ4n) is 1.37. The van der Waals surface area contributed by atoms with Crippen LogP contribution in [0.3, 0.4) is 0 Å². The standard InChI is InChI=1S/C12H16O4S/c1-2-16-12(13)8-9-17(14,15)10-11-6-4-3-5-7-11/h3-7H,2,8-10H2,1H3. The van der Waals surface area contributed by atoms with E-state index in [4.69, 9.17) is 0 Å². The molecule has 94 valence electrons. The SMILES string of the molecule is CCOC(=O)CCS(=O)(=O)Cc1ccccc1. The fraction of sp³-hybridized carbons (Fsp3) is 0.417. The molecule has 0 aromatic heterocycles. The maximum Gasteiger partial charge on any atom is 0.306 e. The molecule has 0 amide bonds. The number of hydrogen-bond donors (Lipinski definition) is 0. The highest BCUT2D eigenvalue weighted by atomic mass is 32.2. The van der Waals surface area contributed by atoms with Crippen LogP contribution in [0.5, 0.6) is 0 Å². The molecule has 0 aliphatic carbocycles. The Balaban J connectivity index is 2.50. The van der Waals surface area contributed by atoms with Gasteiger partial charge in [0.2, 0.25) is 0 Å². The minimum atomic E-state index is -3.25. The van der Waals surface area contributed by atoms with Crippen molar-refractivity contribution >= 4 is 15.8 Å². The van der Waals surface area contributed by atoms with Gasteiger partial charge in [0.25, 0.3) is 0 Å². The Bertz CT molecular complexity index is 451. The van der Waals surface area contributed by atoms with Crippen LogP contribution >= 0.6 is 0 Å². The van der Waals surface area contributed by atoms with E-state index in [1.54, 1.807) is 31.2 Å². The molecule has 1 aromatic rings. The molecule has 1 aromatic carbocycles. The van der Waals surface area contributed by atoms with E-state index in [2.05, 4.69) is 4.74 Å². The third-order valence-electron chi connectivity index (χ3n) is 2.15. The molecule has 0 unspecified atom stereocenters. The molecular formula is C12H16O4S. The van der Waals surface area contributed by atoms with Crippen molar-refractivity contribution in [2.45, 2.75) is 19.1 Å². The van der Waals surface area contributed by atoms with Crippen LogP contribution in [0.4, 0.5) is 0 Å². The molecule has 17 heavy (non-hydrogen) atoms. The second-order valence-electron chi connectivity index (χ2n) is 3.63. The molecular weight excluding hydrogens is 240 g/mol. The van der Waals surface area contributed by atoms with Gasteiger partial charge in [-0.25, -0.2) is 8.42 Å². The molecule has 0 N–H and O–H groups in total. The summed E-state index contributed by atoms with van der Waals surface area (Å²) in [5, 5.41) is 0. The first-order valence-corrected chi connectivity index (χ1v) is 7.25. The molecule has 0 spiro atoms. The number of carbonyl (C=O) groups excluding carboxylic acids is 1. The van der Waals surface area contributed by atoms with Crippen LogP contribution in [0.25, 0.3) is 0 Å². The zero-order chi connectivity index (χ0) is 12.7. The van der Waals surface area contributed by atoms with Crippen LogP contribution in [0, 0.1) is 0 Å². The normalized spacial score (nSPS) is 11.1. The predicted molar refractivity (Wildman–Crippen MR) is 65.2 cm³/mol. The first kappa shape index (κ1) is 13.7. The lowest BCUT2D eigenvalue weighted by atomic mass is 10.2. The Kier molecular flexibility index (Phi) is 5.15. The largest absolute Gasteiger partial charge is 0.466 e. The number of hydrogen-bond acceptors (Lipinski definition) is 4. The number of benzene rings is 1. The van der Waals surface area contributed by atoms with E-state index in [0.29, 0.717) is 0 Å². The van der Waals surface area contributed by atoms with Crippen LogP contribution in [0.2, 0.25) is 0 Å². The van der Waals surface area contributed by atoms with Crippen molar-refractivity contribution in [3.8, 4) is 0 Å². The molecule has 1 rings (SSSR count). The van der Waals surface area contributed by atoms with Crippen molar-refractivity contribution in [3.63, 3.8) is 0 Å². The van der Waals surface area contributed by atoms with Gasteiger partial charge in [-0.05, 0) is 12.5 Å². The van der Waals surface area contributed by atoms with Gasteiger partial charge in [0, 0.05) is 0 Å². The van der Waals surface area contributed by atoms with Crippen molar-refractivity contribution in [2.75, 3.05) is 12.4 Å². The summed E-state index contributed by atoms with van der Waals surface area (Å²) in [5.74, 6) is -0.669. The van der Waals surface area contributed by atoms with Crippen LogP contribution < -0.4 is 0 Å². The monoisotopic (exact) mass is 256 g/mol. The number of rotatable bonds is 6. The number of sulfone groups is 1. The first-order chi connectivity index (χ1) is 8.03. The minimum Gasteiger partial charge on any atom is -0.466 e. The Hall–Kier alpha value is -1.36. The third-order valence-corrected chi connectivity index (χ3v) is 3.75. The molecule has 4 nitrogen and oxygen atoms in total. The Morgan fingerprint density at radius 3 is 2.47 bits per heavy atom. The van der Waals surface area contributed by atoms with Gasteiger partial charge in [-0.15, -0.1) is 0 Å². The van der Waals surface area contributed by atoms with Crippen molar-refractivity contribution in [3.05, 3.63) is 35.9 Å². The van der Waals surface area contributed by atoms with E-state index in [1.165, 1.54) is 0 Å². The van der Waals surface area contributed by atoms with Crippen molar-refractivity contribution in [2.24, 2.45) is 0 Å². The summed E-state index contributed by atoms with van der Waals surface area (Å²) >= 11 is 0. The van der Waals surface area contributed by atoms with Gasteiger partial charge in [0.1, 0.15) is 0 Å². The van der Waals surface area contributed by atoms with E-state index in [1.807, 2.05) is 6.07 Å².